The lowest BCUT2D eigenvalue weighted by atomic mass is 9.69. The van der Waals surface area contributed by atoms with Gasteiger partial charge >= 0.3 is 0 Å². The highest BCUT2D eigenvalue weighted by molar-refractivity contribution is 5.45. The minimum Gasteiger partial charge on any atom is -0.490 e. The SMILES string of the molecule is CC(C)C1CCCC(N)(c2ccc3c(c2)OCCCO3)C1. The van der Waals surface area contributed by atoms with E-state index >= 15 is 0 Å². The molecule has 3 rings (SSSR count). The summed E-state index contributed by atoms with van der Waals surface area (Å²) in [7, 11) is 0. The van der Waals surface area contributed by atoms with Gasteiger partial charge < -0.3 is 15.2 Å². The standard InChI is InChI=1S/C18H27NO2/c1-13(2)14-5-3-8-18(19,12-14)15-6-7-16-17(11-15)21-10-4-9-20-16/h6-7,11,13-14H,3-5,8-10,12,19H2,1-2H3. The molecule has 1 aromatic rings. The van der Waals surface area contributed by atoms with Crippen molar-refractivity contribution >= 4 is 0 Å². The minimum atomic E-state index is -0.210. The number of fused-ring (bicyclic) bond motifs is 1. The van der Waals surface area contributed by atoms with E-state index in [1.807, 2.05) is 6.07 Å². The van der Waals surface area contributed by atoms with Crippen LogP contribution in [0.5, 0.6) is 11.5 Å². The van der Waals surface area contributed by atoms with Crippen molar-refractivity contribution in [3.05, 3.63) is 23.8 Å². The molecule has 0 saturated heterocycles. The zero-order valence-electron chi connectivity index (χ0n) is 13.2. The summed E-state index contributed by atoms with van der Waals surface area (Å²) >= 11 is 0. The second-order valence-corrected chi connectivity index (χ2v) is 6.97. The van der Waals surface area contributed by atoms with Crippen molar-refractivity contribution in [2.24, 2.45) is 17.6 Å². The van der Waals surface area contributed by atoms with Gasteiger partial charge in [-0.3, -0.25) is 0 Å². The Bertz CT molecular complexity index is 500. The van der Waals surface area contributed by atoms with Crippen LogP contribution in [0.1, 0.15) is 51.5 Å². The van der Waals surface area contributed by atoms with Gasteiger partial charge in [0.2, 0.25) is 0 Å². The number of benzene rings is 1. The number of rotatable bonds is 2. The predicted octanol–water partition coefficient (Wildman–Crippen LogP) is 3.85. The molecule has 3 heteroatoms. The summed E-state index contributed by atoms with van der Waals surface area (Å²) < 4.78 is 11.5. The Labute approximate surface area is 127 Å². The molecule has 1 fully saturated rings. The zero-order valence-corrected chi connectivity index (χ0v) is 13.2. The Hall–Kier alpha value is -1.22. The molecule has 1 aliphatic heterocycles. The normalized spacial score (nSPS) is 29.2. The van der Waals surface area contributed by atoms with Crippen LogP contribution in [0.3, 0.4) is 0 Å². The van der Waals surface area contributed by atoms with Gasteiger partial charge in [0.25, 0.3) is 0 Å². The van der Waals surface area contributed by atoms with Crippen molar-refractivity contribution in [1.29, 1.82) is 0 Å². The summed E-state index contributed by atoms with van der Waals surface area (Å²) in [5.74, 6) is 3.14. The highest BCUT2D eigenvalue weighted by Gasteiger charge is 2.36. The van der Waals surface area contributed by atoms with Gasteiger partial charge in [-0.2, -0.15) is 0 Å². The molecular weight excluding hydrogens is 262 g/mol. The number of ether oxygens (including phenoxy) is 2. The molecule has 1 aliphatic carbocycles. The molecule has 21 heavy (non-hydrogen) atoms. The molecule has 0 amide bonds. The summed E-state index contributed by atoms with van der Waals surface area (Å²) in [6.45, 7) is 6.08. The van der Waals surface area contributed by atoms with Crippen LogP contribution in [-0.4, -0.2) is 13.2 Å². The smallest absolute Gasteiger partial charge is 0.161 e. The first-order valence-electron chi connectivity index (χ1n) is 8.27. The summed E-state index contributed by atoms with van der Waals surface area (Å²) in [4.78, 5) is 0. The van der Waals surface area contributed by atoms with Crippen molar-refractivity contribution in [2.75, 3.05) is 13.2 Å². The first-order valence-corrected chi connectivity index (χ1v) is 8.27. The third-order valence-electron chi connectivity index (χ3n) is 5.09. The van der Waals surface area contributed by atoms with Gasteiger partial charge in [0.1, 0.15) is 0 Å². The van der Waals surface area contributed by atoms with E-state index in [9.17, 15) is 0 Å². The van der Waals surface area contributed by atoms with Crippen LogP contribution in [0.4, 0.5) is 0 Å². The summed E-state index contributed by atoms with van der Waals surface area (Å²) in [5, 5.41) is 0. The predicted molar refractivity (Wildman–Crippen MR) is 84.7 cm³/mol. The molecule has 2 aliphatic rings. The van der Waals surface area contributed by atoms with E-state index in [2.05, 4.69) is 26.0 Å². The molecule has 2 unspecified atom stereocenters. The highest BCUT2D eigenvalue weighted by Crippen LogP contribution is 2.43. The summed E-state index contributed by atoms with van der Waals surface area (Å²) in [6, 6.07) is 6.28. The second-order valence-electron chi connectivity index (χ2n) is 6.97. The van der Waals surface area contributed by atoms with Gasteiger partial charge in [-0.25, -0.2) is 0 Å². The molecular formula is C18H27NO2. The first-order chi connectivity index (χ1) is 10.1. The Morgan fingerprint density at radius 2 is 1.90 bits per heavy atom. The third kappa shape index (κ3) is 3.03. The van der Waals surface area contributed by atoms with Crippen LogP contribution in [0.2, 0.25) is 0 Å². The molecule has 0 spiro atoms. The van der Waals surface area contributed by atoms with E-state index in [4.69, 9.17) is 15.2 Å². The summed E-state index contributed by atoms with van der Waals surface area (Å²) in [6.07, 6.45) is 5.60. The zero-order chi connectivity index (χ0) is 14.9. The van der Waals surface area contributed by atoms with E-state index in [1.54, 1.807) is 0 Å². The number of nitrogens with two attached hydrogens (primary N) is 1. The highest BCUT2D eigenvalue weighted by atomic mass is 16.5. The Kier molecular flexibility index (Phi) is 4.12. The average Bonchev–Trinajstić information content (AvgIpc) is 2.71. The van der Waals surface area contributed by atoms with Crippen LogP contribution in [0, 0.1) is 11.8 Å². The lowest BCUT2D eigenvalue weighted by Gasteiger charge is -2.40. The van der Waals surface area contributed by atoms with Gasteiger partial charge in [-0.1, -0.05) is 32.8 Å². The van der Waals surface area contributed by atoms with E-state index in [-0.39, 0.29) is 5.54 Å². The van der Waals surface area contributed by atoms with Crippen molar-refractivity contribution < 1.29 is 9.47 Å². The average molecular weight is 289 g/mol. The Morgan fingerprint density at radius 1 is 1.14 bits per heavy atom. The maximum absolute atomic E-state index is 6.78. The van der Waals surface area contributed by atoms with Crippen LogP contribution in [-0.2, 0) is 5.54 Å². The quantitative estimate of drug-likeness (QED) is 0.899. The topological polar surface area (TPSA) is 44.5 Å². The van der Waals surface area contributed by atoms with Crippen LogP contribution in [0.25, 0.3) is 0 Å². The van der Waals surface area contributed by atoms with Crippen LogP contribution >= 0.6 is 0 Å². The van der Waals surface area contributed by atoms with Gasteiger partial charge in [-0.15, -0.1) is 0 Å². The molecule has 1 saturated carbocycles. The molecule has 0 bridgehead atoms. The van der Waals surface area contributed by atoms with Gasteiger partial charge in [0, 0.05) is 12.0 Å². The first kappa shape index (κ1) is 14.7. The van der Waals surface area contributed by atoms with Gasteiger partial charge in [0.15, 0.2) is 11.5 Å². The second kappa shape index (κ2) is 5.88. The van der Waals surface area contributed by atoms with E-state index in [0.29, 0.717) is 5.92 Å². The fraction of sp³-hybridized carbons (Fsp3) is 0.667. The molecule has 1 heterocycles. The Balaban J connectivity index is 1.86. The van der Waals surface area contributed by atoms with E-state index in [0.717, 1.165) is 49.9 Å². The fourth-order valence-electron chi connectivity index (χ4n) is 3.66. The maximum atomic E-state index is 6.78. The molecule has 0 radical (unpaired) electrons. The lowest BCUT2D eigenvalue weighted by Crippen LogP contribution is -2.42. The van der Waals surface area contributed by atoms with Gasteiger partial charge in [0.05, 0.1) is 13.2 Å². The van der Waals surface area contributed by atoms with Crippen molar-refractivity contribution in [3.8, 4) is 11.5 Å². The Morgan fingerprint density at radius 3 is 2.67 bits per heavy atom. The molecule has 2 N–H and O–H groups in total. The molecule has 2 atom stereocenters. The molecule has 3 nitrogen and oxygen atoms in total. The monoisotopic (exact) mass is 289 g/mol. The van der Waals surface area contributed by atoms with E-state index in [1.165, 1.54) is 18.4 Å². The van der Waals surface area contributed by atoms with Crippen LogP contribution in [0.15, 0.2) is 18.2 Å². The molecule has 0 aromatic heterocycles. The van der Waals surface area contributed by atoms with Crippen LogP contribution < -0.4 is 15.2 Å². The molecule has 116 valence electrons. The fourth-order valence-corrected chi connectivity index (χ4v) is 3.66. The number of hydrogen-bond donors (Lipinski definition) is 1. The number of hydrogen-bond acceptors (Lipinski definition) is 3. The van der Waals surface area contributed by atoms with Crippen molar-refractivity contribution in [2.45, 2.75) is 51.5 Å². The maximum Gasteiger partial charge on any atom is 0.161 e. The van der Waals surface area contributed by atoms with Gasteiger partial charge in [-0.05, 0) is 42.4 Å². The third-order valence-corrected chi connectivity index (χ3v) is 5.09. The molecule has 1 aromatic carbocycles. The van der Waals surface area contributed by atoms with E-state index < -0.39 is 0 Å². The minimum absolute atomic E-state index is 0.210. The van der Waals surface area contributed by atoms with Crippen molar-refractivity contribution in [1.82, 2.24) is 0 Å². The summed E-state index contributed by atoms with van der Waals surface area (Å²) in [5.41, 5.74) is 7.78. The largest absolute Gasteiger partial charge is 0.490 e. The van der Waals surface area contributed by atoms with Crippen molar-refractivity contribution in [3.63, 3.8) is 0 Å². The lowest BCUT2D eigenvalue weighted by molar-refractivity contribution is 0.183.